The van der Waals surface area contributed by atoms with Crippen molar-refractivity contribution in [2.75, 3.05) is 0 Å². The maximum absolute atomic E-state index is 11.4. The van der Waals surface area contributed by atoms with Crippen molar-refractivity contribution in [3.05, 3.63) is 47.8 Å². The molecule has 0 saturated heterocycles. The Morgan fingerprint density at radius 2 is 2.35 bits per heavy atom. The number of carboxylic acid groups (broad SMARTS) is 1. The Balaban J connectivity index is 1.64. The van der Waals surface area contributed by atoms with Crippen LogP contribution in [0, 0.1) is 0 Å². The molecular weight excluding hydrogens is 294 g/mol. The van der Waals surface area contributed by atoms with Gasteiger partial charge in [-0.1, -0.05) is 12.1 Å². The van der Waals surface area contributed by atoms with Crippen LogP contribution in [-0.2, 0) is 24.3 Å². The summed E-state index contributed by atoms with van der Waals surface area (Å²) < 4.78 is 7.47. The minimum Gasteiger partial charge on any atom is -0.487 e. The minimum atomic E-state index is -0.883. The molecule has 3 rings (SSSR count). The molecule has 1 atom stereocenters. The average Bonchev–Trinajstić information content (AvgIpc) is 3.07. The van der Waals surface area contributed by atoms with Crippen molar-refractivity contribution in [2.24, 2.45) is 0 Å². The van der Waals surface area contributed by atoms with E-state index in [0.29, 0.717) is 13.1 Å². The third kappa shape index (κ3) is 3.71. The topological polar surface area (TPSA) is 76.4 Å². The maximum atomic E-state index is 11.4. The third-order valence-corrected chi connectivity index (χ3v) is 3.91. The first-order valence-electron chi connectivity index (χ1n) is 7.67. The van der Waals surface area contributed by atoms with E-state index >= 15 is 0 Å². The van der Waals surface area contributed by atoms with Crippen LogP contribution in [0.2, 0.25) is 0 Å². The van der Waals surface area contributed by atoms with Crippen molar-refractivity contribution in [1.82, 2.24) is 15.1 Å². The van der Waals surface area contributed by atoms with Gasteiger partial charge in [0.05, 0.1) is 6.54 Å². The molecule has 2 heterocycles. The Bertz CT molecular complexity index is 695. The summed E-state index contributed by atoms with van der Waals surface area (Å²) in [6.07, 6.45) is 4.26. The molecule has 0 amide bonds. The molecule has 0 radical (unpaired) electrons. The molecule has 2 N–H and O–H groups in total. The van der Waals surface area contributed by atoms with Crippen LogP contribution in [-0.4, -0.2) is 32.5 Å². The first-order valence-corrected chi connectivity index (χ1v) is 7.67. The summed E-state index contributed by atoms with van der Waals surface area (Å²) in [4.78, 5) is 11.4. The second-order valence-corrected chi connectivity index (χ2v) is 6.48. The summed E-state index contributed by atoms with van der Waals surface area (Å²) in [7, 11) is 0. The van der Waals surface area contributed by atoms with Crippen molar-refractivity contribution in [2.45, 2.75) is 45.0 Å². The number of hydrogen-bond acceptors (Lipinski definition) is 4. The Morgan fingerprint density at radius 3 is 3.04 bits per heavy atom. The number of carboxylic acids is 1. The van der Waals surface area contributed by atoms with Crippen LogP contribution in [0.5, 0.6) is 5.75 Å². The van der Waals surface area contributed by atoms with E-state index in [4.69, 9.17) is 4.74 Å². The third-order valence-electron chi connectivity index (χ3n) is 3.91. The molecule has 1 unspecified atom stereocenters. The van der Waals surface area contributed by atoms with Crippen LogP contribution < -0.4 is 10.1 Å². The number of aliphatic carboxylic acids is 1. The maximum Gasteiger partial charge on any atom is 0.322 e. The highest BCUT2D eigenvalue weighted by atomic mass is 16.5. The summed E-state index contributed by atoms with van der Waals surface area (Å²) in [5.41, 5.74) is 2.06. The number of aromatic nitrogens is 2. The molecule has 0 aliphatic carbocycles. The molecular formula is C17H21N3O3. The molecule has 23 heavy (non-hydrogen) atoms. The van der Waals surface area contributed by atoms with E-state index in [1.807, 2.05) is 12.1 Å². The summed E-state index contributed by atoms with van der Waals surface area (Å²) in [5.74, 6) is 0.0382. The predicted octanol–water partition coefficient (Wildman–Crippen LogP) is 1.84. The lowest BCUT2D eigenvalue weighted by molar-refractivity contribution is -0.140. The highest BCUT2D eigenvalue weighted by Gasteiger charge is 2.30. The van der Waals surface area contributed by atoms with Gasteiger partial charge in [-0.2, -0.15) is 5.10 Å². The Morgan fingerprint density at radius 1 is 1.52 bits per heavy atom. The molecule has 0 fully saturated rings. The van der Waals surface area contributed by atoms with Gasteiger partial charge in [-0.15, -0.1) is 0 Å². The number of ether oxygens (including phenoxy) is 1. The molecule has 1 aliphatic rings. The molecule has 6 nitrogen and oxygen atoms in total. The molecule has 1 aromatic heterocycles. The van der Waals surface area contributed by atoms with E-state index in [-0.39, 0.29) is 5.60 Å². The summed E-state index contributed by atoms with van der Waals surface area (Å²) in [5, 5.41) is 16.5. The largest absolute Gasteiger partial charge is 0.487 e. The Labute approximate surface area is 135 Å². The van der Waals surface area contributed by atoms with E-state index < -0.39 is 12.0 Å². The zero-order valence-electron chi connectivity index (χ0n) is 13.3. The van der Waals surface area contributed by atoms with Gasteiger partial charge >= 0.3 is 5.97 Å². The summed E-state index contributed by atoms with van der Waals surface area (Å²) >= 11 is 0. The van der Waals surface area contributed by atoms with E-state index in [1.165, 1.54) is 5.56 Å². The quantitative estimate of drug-likeness (QED) is 0.850. The Hall–Kier alpha value is -2.34. The zero-order chi connectivity index (χ0) is 16.4. The second-order valence-electron chi connectivity index (χ2n) is 6.48. The molecule has 6 heteroatoms. The van der Waals surface area contributed by atoms with Crippen LogP contribution in [0.15, 0.2) is 36.7 Å². The summed E-state index contributed by atoms with van der Waals surface area (Å²) in [6, 6.07) is 7.12. The molecule has 1 aliphatic heterocycles. The van der Waals surface area contributed by atoms with Gasteiger partial charge in [0.1, 0.15) is 17.4 Å². The van der Waals surface area contributed by atoms with Crippen molar-refractivity contribution < 1.29 is 14.6 Å². The lowest BCUT2D eigenvalue weighted by Gasteiger charge is -2.16. The van der Waals surface area contributed by atoms with E-state index in [1.54, 1.807) is 23.1 Å². The van der Waals surface area contributed by atoms with Crippen LogP contribution >= 0.6 is 0 Å². The van der Waals surface area contributed by atoms with Crippen molar-refractivity contribution in [3.63, 3.8) is 0 Å². The van der Waals surface area contributed by atoms with Crippen LogP contribution in [0.25, 0.3) is 0 Å². The van der Waals surface area contributed by atoms with Crippen LogP contribution in [0.3, 0.4) is 0 Å². The minimum absolute atomic E-state index is 0.169. The normalized spacial score (nSPS) is 16.6. The first kappa shape index (κ1) is 15.6. The number of nitrogens with zero attached hydrogens (tertiary/aromatic N) is 2. The lowest BCUT2D eigenvalue weighted by Crippen LogP contribution is -2.39. The number of hydrogen-bond donors (Lipinski definition) is 2. The number of benzene rings is 1. The molecule has 0 bridgehead atoms. The van der Waals surface area contributed by atoms with E-state index in [0.717, 1.165) is 17.7 Å². The molecule has 0 saturated carbocycles. The smallest absolute Gasteiger partial charge is 0.322 e. The number of fused-ring (bicyclic) bond motifs is 1. The average molecular weight is 315 g/mol. The first-order chi connectivity index (χ1) is 10.9. The van der Waals surface area contributed by atoms with Crippen molar-refractivity contribution in [1.29, 1.82) is 0 Å². The molecule has 2 aromatic rings. The molecule has 1 aromatic carbocycles. The predicted molar refractivity (Wildman–Crippen MR) is 85.3 cm³/mol. The monoisotopic (exact) mass is 315 g/mol. The second kappa shape index (κ2) is 6.04. The molecule has 0 spiro atoms. The van der Waals surface area contributed by atoms with Gasteiger partial charge < -0.3 is 9.84 Å². The SMILES string of the molecule is CC1(C)Cc2cc(CNC(Cn3cccn3)C(=O)O)ccc2O1. The van der Waals surface area contributed by atoms with Gasteiger partial charge in [0.2, 0.25) is 0 Å². The van der Waals surface area contributed by atoms with Gasteiger partial charge in [-0.3, -0.25) is 14.8 Å². The van der Waals surface area contributed by atoms with Gasteiger partial charge in [0, 0.05) is 25.4 Å². The van der Waals surface area contributed by atoms with Crippen LogP contribution in [0.4, 0.5) is 0 Å². The highest BCUT2D eigenvalue weighted by Crippen LogP contribution is 2.35. The van der Waals surface area contributed by atoms with Gasteiger partial charge in [-0.25, -0.2) is 0 Å². The standard InChI is InChI=1S/C17H21N3O3/c1-17(2)9-13-8-12(4-5-15(13)23-17)10-18-14(16(21)22)11-20-7-3-6-19-20/h3-8,14,18H,9-11H2,1-2H3,(H,21,22). The fourth-order valence-corrected chi connectivity index (χ4v) is 2.84. The van der Waals surface area contributed by atoms with Gasteiger partial charge in [0.25, 0.3) is 0 Å². The molecule has 122 valence electrons. The van der Waals surface area contributed by atoms with E-state index in [9.17, 15) is 9.90 Å². The van der Waals surface area contributed by atoms with Crippen LogP contribution in [0.1, 0.15) is 25.0 Å². The fourth-order valence-electron chi connectivity index (χ4n) is 2.84. The number of carbonyl (C=O) groups is 1. The highest BCUT2D eigenvalue weighted by molar-refractivity contribution is 5.73. The van der Waals surface area contributed by atoms with Crippen molar-refractivity contribution in [3.8, 4) is 5.75 Å². The van der Waals surface area contributed by atoms with Crippen molar-refractivity contribution >= 4 is 5.97 Å². The fraction of sp³-hybridized carbons (Fsp3) is 0.412. The van der Waals surface area contributed by atoms with Gasteiger partial charge in [0.15, 0.2) is 0 Å². The zero-order valence-corrected chi connectivity index (χ0v) is 13.3. The number of nitrogens with one attached hydrogen (secondary N) is 1. The summed E-state index contributed by atoms with van der Waals surface area (Å²) in [6.45, 7) is 4.92. The Kier molecular flexibility index (Phi) is 4.09. The lowest BCUT2D eigenvalue weighted by atomic mass is 10.00. The number of rotatable bonds is 6. The van der Waals surface area contributed by atoms with Gasteiger partial charge in [-0.05, 0) is 37.1 Å². The van der Waals surface area contributed by atoms with E-state index in [2.05, 4.69) is 30.3 Å².